The van der Waals surface area contributed by atoms with Crippen molar-refractivity contribution in [1.82, 2.24) is 4.90 Å². The average molecular weight is 354 g/mol. The molecule has 5 N–H and O–H groups in total. The Morgan fingerprint density at radius 2 is 1.91 bits per heavy atom. The van der Waals surface area contributed by atoms with Gasteiger partial charge in [-0.05, 0) is 42.4 Å². The Morgan fingerprint density at radius 3 is 2.48 bits per heavy atom. The third-order valence-electron chi connectivity index (χ3n) is 3.69. The van der Waals surface area contributed by atoms with Gasteiger partial charge in [-0.15, -0.1) is 0 Å². The number of benzene rings is 1. The van der Waals surface area contributed by atoms with Gasteiger partial charge in [0.15, 0.2) is 5.17 Å². The summed E-state index contributed by atoms with van der Waals surface area (Å²) in [5.74, 6) is 0. The SMILES string of the molecule is N=C(N)SC(=S)Nc1ccc(N2CCN(CCCO)CC2)cc1. The van der Waals surface area contributed by atoms with Crippen LogP contribution < -0.4 is 16.0 Å². The summed E-state index contributed by atoms with van der Waals surface area (Å²) < 4.78 is 0.475. The van der Waals surface area contributed by atoms with Crippen LogP contribution in [0.15, 0.2) is 24.3 Å². The van der Waals surface area contributed by atoms with E-state index < -0.39 is 0 Å². The zero-order chi connectivity index (χ0) is 16.7. The predicted octanol–water partition coefficient (Wildman–Crippen LogP) is 1.51. The molecule has 1 heterocycles. The van der Waals surface area contributed by atoms with Gasteiger partial charge in [0.2, 0.25) is 0 Å². The molecule has 126 valence electrons. The van der Waals surface area contributed by atoms with Crippen molar-refractivity contribution in [2.45, 2.75) is 6.42 Å². The zero-order valence-corrected chi connectivity index (χ0v) is 14.6. The molecule has 0 bridgehead atoms. The van der Waals surface area contributed by atoms with Crippen molar-refractivity contribution in [3.8, 4) is 0 Å². The highest BCUT2D eigenvalue weighted by molar-refractivity contribution is 8.33. The number of piperazine rings is 1. The molecular formula is C15H23N5OS2. The third-order valence-corrected chi connectivity index (χ3v) is 4.55. The molecule has 1 aliphatic heterocycles. The number of amidine groups is 1. The number of rotatable bonds is 5. The Morgan fingerprint density at radius 1 is 1.26 bits per heavy atom. The van der Waals surface area contributed by atoms with E-state index in [0.717, 1.165) is 56.6 Å². The first-order valence-electron chi connectivity index (χ1n) is 7.59. The number of nitrogens with one attached hydrogen (secondary N) is 2. The van der Waals surface area contributed by atoms with Crippen molar-refractivity contribution in [2.75, 3.05) is 49.5 Å². The molecule has 2 rings (SSSR count). The maximum atomic E-state index is 8.89. The summed E-state index contributed by atoms with van der Waals surface area (Å²) in [7, 11) is 0. The first kappa shape index (κ1) is 18.0. The smallest absolute Gasteiger partial charge is 0.158 e. The molecule has 1 aromatic rings. The summed E-state index contributed by atoms with van der Waals surface area (Å²) in [5, 5.41) is 19.1. The predicted molar refractivity (Wildman–Crippen MR) is 103 cm³/mol. The zero-order valence-electron chi connectivity index (χ0n) is 13.0. The van der Waals surface area contributed by atoms with Gasteiger partial charge in [0.25, 0.3) is 0 Å². The van der Waals surface area contributed by atoms with E-state index in [2.05, 4.69) is 27.2 Å². The molecule has 23 heavy (non-hydrogen) atoms. The molecule has 1 saturated heterocycles. The lowest BCUT2D eigenvalue weighted by atomic mass is 10.2. The summed E-state index contributed by atoms with van der Waals surface area (Å²) in [6.45, 7) is 5.28. The fourth-order valence-electron chi connectivity index (χ4n) is 2.52. The normalized spacial score (nSPS) is 15.4. The highest BCUT2D eigenvalue weighted by Crippen LogP contribution is 2.20. The van der Waals surface area contributed by atoms with Crippen LogP contribution in [0, 0.1) is 5.41 Å². The largest absolute Gasteiger partial charge is 0.396 e. The van der Waals surface area contributed by atoms with Gasteiger partial charge >= 0.3 is 0 Å². The number of thioether (sulfide) groups is 1. The van der Waals surface area contributed by atoms with Crippen LogP contribution in [0.2, 0.25) is 0 Å². The highest BCUT2D eigenvalue weighted by Gasteiger charge is 2.16. The molecule has 8 heteroatoms. The van der Waals surface area contributed by atoms with E-state index in [1.807, 2.05) is 12.1 Å². The van der Waals surface area contributed by atoms with E-state index in [1.54, 1.807) is 0 Å². The third kappa shape index (κ3) is 5.98. The Balaban J connectivity index is 1.83. The van der Waals surface area contributed by atoms with Crippen LogP contribution in [-0.4, -0.2) is 58.8 Å². The van der Waals surface area contributed by atoms with Gasteiger partial charge < -0.3 is 21.1 Å². The van der Waals surface area contributed by atoms with Crippen LogP contribution in [0.4, 0.5) is 11.4 Å². The second-order valence-electron chi connectivity index (χ2n) is 5.33. The molecule has 1 aromatic carbocycles. The number of nitrogens with zero attached hydrogens (tertiary/aromatic N) is 2. The van der Waals surface area contributed by atoms with Crippen molar-refractivity contribution < 1.29 is 5.11 Å². The lowest BCUT2D eigenvalue weighted by molar-refractivity contribution is 0.216. The minimum absolute atomic E-state index is 0.0156. The topological polar surface area (TPSA) is 88.6 Å². The molecule has 0 spiro atoms. The van der Waals surface area contributed by atoms with Gasteiger partial charge in [0.1, 0.15) is 4.32 Å². The van der Waals surface area contributed by atoms with Gasteiger partial charge in [0, 0.05) is 50.7 Å². The molecule has 6 nitrogen and oxygen atoms in total. The molecule has 0 aliphatic carbocycles. The first-order chi connectivity index (χ1) is 11.1. The highest BCUT2D eigenvalue weighted by atomic mass is 32.2. The van der Waals surface area contributed by atoms with Crippen LogP contribution in [0.3, 0.4) is 0 Å². The molecule has 0 radical (unpaired) electrons. The van der Waals surface area contributed by atoms with Gasteiger partial charge in [-0.3, -0.25) is 10.3 Å². The van der Waals surface area contributed by atoms with E-state index in [9.17, 15) is 0 Å². The Labute approximate surface area is 146 Å². The van der Waals surface area contributed by atoms with E-state index in [4.69, 9.17) is 28.5 Å². The summed E-state index contributed by atoms with van der Waals surface area (Å²) in [4.78, 5) is 4.75. The number of aliphatic hydroxyl groups is 1. The quantitative estimate of drug-likeness (QED) is 0.362. The number of hydrogen-bond acceptors (Lipinski definition) is 6. The standard InChI is InChI=1S/C15H23N5OS2/c16-14(17)23-15(22)18-12-2-4-13(5-3-12)20-9-7-19(8-10-20)6-1-11-21/h2-5,21H,1,6-11H2,(H3,16,17)(H,18,22). The van der Waals surface area contributed by atoms with Crippen LogP contribution in [-0.2, 0) is 0 Å². The monoisotopic (exact) mass is 353 g/mol. The maximum Gasteiger partial charge on any atom is 0.158 e. The number of nitrogens with two attached hydrogens (primary N) is 1. The average Bonchev–Trinajstić information content (AvgIpc) is 2.53. The van der Waals surface area contributed by atoms with E-state index in [0.29, 0.717) is 4.32 Å². The Kier molecular flexibility index (Phi) is 7.10. The van der Waals surface area contributed by atoms with Crippen LogP contribution >= 0.6 is 24.0 Å². The van der Waals surface area contributed by atoms with E-state index >= 15 is 0 Å². The number of aliphatic hydroxyl groups excluding tert-OH is 1. The van der Waals surface area contributed by atoms with Crippen molar-refractivity contribution >= 4 is 44.8 Å². The van der Waals surface area contributed by atoms with Crippen molar-refractivity contribution in [3.05, 3.63) is 24.3 Å². The second-order valence-corrected chi connectivity index (χ2v) is 7.05. The number of anilines is 2. The maximum absolute atomic E-state index is 8.89. The molecule has 0 unspecified atom stereocenters. The summed E-state index contributed by atoms with van der Waals surface area (Å²) in [6.07, 6.45) is 0.846. The molecule has 1 fully saturated rings. The molecule has 0 saturated carbocycles. The van der Waals surface area contributed by atoms with Gasteiger partial charge in [-0.25, -0.2) is 0 Å². The molecule has 0 amide bonds. The fourth-order valence-corrected chi connectivity index (χ4v) is 3.28. The number of thiocarbonyl (C=S) groups is 1. The van der Waals surface area contributed by atoms with E-state index in [-0.39, 0.29) is 11.8 Å². The number of hydrogen-bond donors (Lipinski definition) is 4. The van der Waals surface area contributed by atoms with Crippen molar-refractivity contribution in [1.29, 1.82) is 5.41 Å². The lowest BCUT2D eigenvalue weighted by Crippen LogP contribution is -2.46. The Bertz CT molecular complexity index is 529. The summed E-state index contributed by atoms with van der Waals surface area (Å²) in [6, 6.07) is 8.13. The molecule has 1 aliphatic rings. The van der Waals surface area contributed by atoms with Crippen molar-refractivity contribution in [2.24, 2.45) is 5.73 Å². The Hall–Kier alpha value is -1.35. The van der Waals surface area contributed by atoms with Crippen LogP contribution in [0.25, 0.3) is 0 Å². The minimum atomic E-state index is -0.0156. The van der Waals surface area contributed by atoms with Gasteiger partial charge in [-0.2, -0.15) is 0 Å². The van der Waals surface area contributed by atoms with Crippen LogP contribution in [0.1, 0.15) is 6.42 Å². The molecule has 0 atom stereocenters. The summed E-state index contributed by atoms with van der Waals surface area (Å²) >= 11 is 6.15. The summed E-state index contributed by atoms with van der Waals surface area (Å²) in [5.41, 5.74) is 7.40. The molecular weight excluding hydrogens is 330 g/mol. The van der Waals surface area contributed by atoms with Crippen LogP contribution in [0.5, 0.6) is 0 Å². The van der Waals surface area contributed by atoms with Crippen molar-refractivity contribution in [3.63, 3.8) is 0 Å². The van der Waals surface area contributed by atoms with Gasteiger partial charge in [-0.1, -0.05) is 12.2 Å². The molecule has 0 aromatic heterocycles. The van der Waals surface area contributed by atoms with E-state index in [1.165, 1.54) is 5.69 Å². The lowest BCUT2D eigenvalue weighted by Gasteiger charge is -2.36. The van der Waals surface area contributed by atoms with Gasteiger partial charge in [0.05, 0.1) is 0 Å². The second kappa shape index (κ2) is 9.07. The first-order valence-corrected chi connectivity index (χ1v) is 8.82. The fraction of sp³-hybridized carbons (Fsp3) is 0.467. The minimum Gasteiger partial charge on any atom is -0.396 e.